The Morgan fingerprint density at radius 2 is 2.42 bits per heavy atom. The molecule has 19 heavy (non-hydrogen) atoms. The molecule has 0 spiro atoms. The van der Waals surface area contributed by atoms with Crippen LogP contribution in [0.4, 0.5) is 0 Å². The molecule has 0 aromatic carbocycles. The highest BCUT2D eigenvalue weighted by Crippen LogP contribution is 2.21. The first kappa shape index (κ1) is 12.3. The van der Waals surface area contributed by atoms with E-state index >= 15 is 0 Å². The second-order valence-corrected chi connectivity index (χ2v) is 4.85. The number of likely N-dealkylation sites (N-methyl/N-ethyl adjacent to an activating group) is 1. The summed E-state index contributed by atoms with van der Waals surface area (Å²) >= 11 is 0. The highest BCUT2D eigenvalue weighted by Gasteiger charge is 2.26. The van der Waals surface area contributed by atoms with Gasteiger partial charge in [0.1, 0.15) is 6.04 Å². The lowest BCUT2D eigenvalue weighted by Crippen LogP contribution is -2.44. The average Bonchev–Trinajstić information content (AvgIpc) is 3.10. The Kier molecular flexibility index (Phi) is 3.31. The highest BCUT2D eigenvalue weighted by molar-refractivity contribution is 5.00. The first-order valence-corrected chi connectivity index (χ1v) is 6.49. The molecule has 1 N–H and O–H groups in total. The fourth-order valence-electron chi connectivity index (χ4n) is 2.27. The van der Waals surface area contributed by atoms with Gasteiger partial charge in [0.05, 0.1) is 6.04 Å². The van der Waals surface area contributed by atoms with Gasteiger partial charge in [-0.15, -0.1) is 0 Å². The Morgan fingerprint density at radius 3 is 3.16 bits per heavy atom. The Morgan fingerprint density at radius 1 is 1.53 bits per heavy atom. The van der Waals surface area contributed by atoms with Crippen molar-refractivity contribution in [3.8, 4) is 0 Å². The topological polar surface area (TPSA) is 72.0 Å². The number of hydrogen-bond acceptors (Lipinski definition) is 6. The van der Waals surface area contributed by atoms with Gasteiger partial charge in [0.25, 0.3) is 5.89 Å². The van der Waals surface area contributed by atoms with Crippen molar-refractivity contribution >= 4 is 0 Å². The maximum Gasteiger partial charge on any atom is 0.251 e. The van der Waals surface area contributed by atoms with Gasteiger partial charge in [-0.05, 0) is 20.0 Å². The second kappa shape index (κ2) is 5.10. The van der Waals surface area contributed by atoms with E-state index in [1.54, 1.807) is 10.9 Å². The van der Waals surface area contributed by atoms with Crippen molar-refractivity contribution in [1.82, 2.24) is 30.1 Å². The molecule has 3 rings (SSSR count). The largest absolute Gasteiger partial charge is 0.337 e. The summed E-state index contributed by atoms with van der Waals surface area (Å²) in [5.74, 6) is 1.33. The lowest BCUT2D eigenvalue weighted by Gasteiger charge is -2.30. The fraction of sp³-hybridized carbons (Fsp3) is 0.583. The summed E-state index contributed by atoms with van der Waals surface area (Å²) in [4.78, 5) is 6.76. The fourth-order valence-corrected chi connectivity index (χ4v) is 2.27. The number of aromatic nitrogens is 4. The van der Waals surface area contributed by atoms with Crippen LogP contribution in [0.5, 0.6) is 0 Å². The van der Waals surface area contributed by atoms with Crippen LogP contribution in [-0.4, -0.2) is 51.5 Å². The summed E-state index contributed by atoms with van der Waals surface area (Å²) in [6, 6.07) is 2.02. The van der Waals surface area contributed by atoms with E-state index in [1.165, 1.54) is 0 Å². The molecule has 0 amide bonds. The summed E-state index contributed by atoms with van der Waals surface area (Å²) < 4.78 is 7.18. The maximum absolute atomic E-state index is 5.38. The quantitative estimate of drug-likeness (QED) is 0.866. The normalized spacial score (nSPS) is 22.5. The first-order chi connectivity index (χ1) is 9.25. The van der Waals surface area contributed by atoms with E-state index in [4.69, 9.17) is 4.52 Å². The molecule has 0 radical (unpaired) electrons. The molecular weight excluding hydrogens is 244 g/mol. The zero-order valence-corrected chi connectivity index (χ0v) is 11.2. The number of nitrogens with one attached hydrogen (secondary N) is 1. The summed E-state index contributed by atoms with van der Waals surface area (Å²) in [5.41, 5.74) is 0. The van der Waals surface area contributed by atoms with Crippen molar-refractivity contribution in [1.29, 1.82) is 0 Å². The predicted molar refractivity (Wildman–Crippen MR) is 68.6 cm³/mol. The van der Waals surface area contributed by atoms with E-state index in [0.717, 1.165) is 25.5 Å². The molecule has 2 atom stereocenters. The molecule has 3 heterocycles. The molecule has 2 unspecified atom stereocenters. The molecule has 0 bridgehead atoms. The van der Waals surface area contributed by atoms with Crippen LogP contribution in [-0.2, 0) is 0 Å². The van der Waals surface area contributed by atoms with Crippen molar-refractivity contribution in [3.63, 3.8) is 0 Å². The van der Waals surface area contributed by atoms with E-state index in [9.17, 15) is 0 Å². The van der Waals surface area contributed by atoms with Gasteiger partial charge in [0.15, 0.2) is 5.82 Å². The van der Waals surface area contributed by atoms with E-state index in [0.29, 0.717) is 5.89 Å². The van der Waals surface area contributed by atoms with Gasteiger partial charge in [0.2, 0.25) is 0 Å². The Labute approximate surface area is 111 Å². The van der Waals surface area contributed by atoms with Crippen molar-refractivity contribution in [2.24, 2.45) is 0 Å². The third-order valence-corrected chi connectivity index (χ3v) is 3.55. The van der Waals surface area contributed by atoms with Crippen molar-refractivity contribution in [3.05, 3.63) is 30.2 Å². The number of nitrogens with zero attached hydrogens (tertiary/aromatic N) is 5. The van der Waals surface area contributed by atoms with Gasteiger partial charge in [-0.1, -0.05) is 5.16 Å². The van der Waals surface area contributed by atoms with Gasteiger partial charge in [-0.3, -0.25) is 9.58 Å². The van der Waals surface area contributed by atoms with Gasteiger partial charge in [0, 0.05) is 32.0 Å². The van der Waals surface area contributed by atoms with Gasteiger partial charge in [-0.2, -0.15) is 10.1 Å². The molecule has 0 saturated carbocycles. The van der Waals surface area contributed by atoms with Crippen LogP contribution >= 0.6 is 0 Å². The average molecular weight is 262 g/mol. The minimum Gasteiger partial charge on any atom is -0.337 e. The van der Waals surface area contributed by atoms with E-state index < -0.39 is 0 Å². The van der Waals surface area contributed by atoms with Crippen LogP contribution in [0.3, 0.4) is 0 Å². The number of piperazine rings is 1. The summed E-state index contributed by atoms with van der Waals surface area (Å²) in [6.07, 6.45) is 3.63. The standard InChI is InChI=1S/C12H18N6O/c1-9(18-6-3-4-14-18)12-15-11(16-19-12)10-8-13-5-7-17(10)2/h3-4,6,9-10,13H,5,7-8H2,1-2H3. The molecule has 2 aromatic rings. The molecule has 7 heteroatoms. The lowest BCUT2D eigenvalue weighted by molar-refractivity contribution is 0.190. The summed E-state index contributed by atoms with van der Waals surface area (Å²) in [6.45, 7) is 4.84. The minimum atomic E-state index is -0.0434. The van der Waals surface area contributed by atoms with Crippen molar-refractivity contribution in [2.45, 2.75) is 19.0 Å². The van der Waals surface area contributed by atoms with Gasteiger partial charge in [-0.25, -0.2) is 0 Å². The van der Waals surface area contributed by atoms with E-state index in [1.807, 2.05) is 19.2 Å². The molecular formula is C12H18N6O. The smallest absolute Gasteiger partial charge is 0.251 e. The molecule has 0 aliphatic carbocycles. The van der Waals surface area contributed by atoms with Crippen molar-refractivity contribution < 1.29 is 4.52 Å². The number of rotatable bonds is 3. The van der Waals surface area contributed by atoms with Crippen LogP contribution in [0.25, 0.3) is 0 Å². The third kappa shape index (κ3) is 2.39. The third-order valence-electron chi connectivity index (χ3n) is 3.55. The maximum atomic E-state index is 5.38. The monoisotopic (exact) mass is 262 g/mol. The Bertz CT molecular complexity index is 522. The van der Waals surface area contributed by atoms with Crippen LogP contribution in [0.1, 0.15) is 30.7 Å². The van der Waals surface area contributed by atoms with Crippen molar-refractivity contribution in [2.75, 3.05) is 26.7 Å². The molecule has 7 nitrogen and oxygen atoms in total. The van der Waals surface area contributed by atoms with Crippen LogP contribution in [0, 0.1) is 0 Å². The minimum absolute atomic E-state index is 0.0434. The first-order valence-electron chi connectivity index (χ1n) is 6.49. The number of hydrogen-bond donors (Lipinski definition) is 1. The predicted octanol–water partition coefficient (Wildman–Crippen LogP) is 0.451. The van der Waals surface area contributed by atoms with E-state index in [-0.39, 0.29) is 12.1 Å². The summed E-state index contributed by atoms with van der Waals surface area (Å²) in [7, 11) is 2.08. The van der Waals surface area contributed by atoms with Gasteiger partial charge >= 0.3 is 0 Å². The summed E-state index contributed by atoms with van der Waals surface area (Å²) in [5, 5.41) is 11.7. The lowest BCUT2D eigenvalue weighted by atomic mass is 10.2. The van der Waals surface area contributed by atoms with Gasteiger partial charge < -0.3 is 9.84 Å². The zero-order valence-electron chi connectivity index (χ0n) is 11.2. The van der Waals surface area contributed by atoms with Crippen LogP contribution < -0.4 is 5.32 Å². The Balaban J connectivity index is 1.79. The van der Waals surface area contributed by atoms with Crippen LogP contribution in [0.2, 0.25) is 0 Å². The SMILES string of the molecule is CC(c1nc(C2CNCCN2C)no1)n1cccn1. The Hall–Kier alpha value is -1.73. The zero-order chi connectivity index (χ0) is 13.2. The van der Waals surface area contributed by atoms with E-state index in [2.05, 4.69) is 32.5 Å². The molecule has 1 aliphatic rings. The highest BCUT2D eigenvalue weighted by atomic mass is 16.5. The van der Waals surface area contributed by atoms with Crippen LogP contribution in [0.15, 0.2) is 23.0 Å². The molecule has 1 saturated heterocycles. The second-order valence-electron chi connectivity index (χ2n) is 4.85. The molecule has 2 aromatic heterocycles. The molecule has 102 valence electrons. The molecule has 1 fully saturated rings. The molecule has 1 aliphatic heterocycles.